The SMILES string of the molecule is CCC.CCCC(OCCOC(C)=O)N1C=CCC(C(=O)OC)=C1.COC(=O)C1=CN(C2CCC(COC(C)=O)O2)C=CC1. The van der Waals surface area contributed by atoms with E-state index in [0.717, 1.165) is 25.7 Å². The highest BCUT2D eigenvalue weighted by molar-refractivity contribution is 5.89. The molecular weight excluding hydrogens is 572 g/mol. The summed E-state index contributed by atoms with van der Waals surface area (Å²) in [6.45, 7) is 9.86. The zero-order chi connectivity index (χ0) is 32.9. The predicted octanol–water partition coefficient (Wildman–Crippen LogP) is 4.72. The second kappa shape index (κ2) is 22.0. The van der Waals surface area contributed by atoms with Crippen molar-refractivity contribution < 1.29 is 47.6 Å². The molecule has 3 heterocycles. The van der Waals surface area contributed by atoms with E-state index >= 15 is 0 Å². The molecule has 3 aliphatic rings. The average Bonchev–Trinajstić information content (AvgIpc) is 3.51. The van der Waals surface area contributed by atoms with E-state index in [0.29, 0.717) is 30.6 Å². The van der Waals surface area contributed by atoms with Crippen molar-refractivity contribution in [1.82, 2.24) is 9.80 Å². The quantitative estimate of drug-likeness (QED) is 0.170. The molecule has 12 nitrogen and oxygen atoms in total. The minimum atomic E-state index is -0.334. The Morgan fingerprint density at radius 2 is 1.45 bits per heavy atom. The Balaban J connectivity index is 0.000000404. The van der Waals surface area contributed by atoms with Gasteiger partial charge < -0.3 is 38.2 Å². The van der Waals surface area contributed by atoms with Gasteiger partial charge in [-0.3, -0.25) is 9.59 Å². The molecule has 0 aromatic rings. The van der Waals surface area contributed by atoms with Crippen LogP contribution in [0.15, 0.2) is 48.1 Å². The third kappa shape index (κ3) is 14.7. The van der Waals surface area contributed by atoms with Crippen LogP contribution in [0.4, 0.5) is 0 Å². The van der Waals surface area contributed by atoms with Gasteiger partial charge in [-0.2, -0.15) is 0 Å². The molecule has 0 aliphatic carbocycles. The lowest BCUT2D eigenvalue weighted by Gasteiger charge is -2.30. The van der Waals surface area contributed by atoms with E-state index < -0.39 is 0 Å². The lowest BCUT2D eigenvalue weighted by atomic mass is 10.1. The average molecular weight is 623 g/mol. The molecule has 0 N–H and O–H groups in total. The van der Waals surface area contributed by atoms with Gasteiger partial charge in [-0.1, -0.05) is 45.8 Å². The van der Waals surface area contributed by atoms with Gasteiger partial charge in [-0.25, -0.2) is 9.59 Å². The van der Waals surface area contributed by atoms with E-state index in [9.17, 15) is 19.2 Å². The van der Waals surface area contributed by atoms with Gasteiger partial charge >= 0.3 is 23.9 Å². The van der Waals surface area contributed by atoms with Crippen LogP contribution in [0.2, 0.25) is 0 Å². The molecule has 3 rings (SSSR count). The first kappa shape index (κ1) is 38.4. The van der Waals surface area contributed by atoms with Crippen molar-refractivity contribution in [2.45, 2.75) is 98.1 Å². The highest BCUT2D eigenvalue weighted by atomic mass is 16.6. The molecule has 0 amide bonds. The van der Waals surface area contributed by atoms with Crippen molar-refractivity contribution >= 4 is 23.9 Å². The van der Waals surface area contributed by atoms with E-state index in [2.05, 4.69) is 20.8 Å². The molecule has 0 spiro atoms. The molecule has 44 heavy (non-hydrogen) atoms. The summed E-state index contributed by atoms with van der Waals surface area (Å²) in [4.78, 5) is 48.3. The molecule has 0 saturated carbocycles. The molecular formula is C32H50N2O10. The summed E-state index contributed by atoms with van der Waals surface area (Å²) in [6, 6.07) is 0. The van der Waals surface area contributed by atoms with Crippen molar-refractivity contribution in [2.75, 3.05) is 34.0 Å². The highest BCUT2D eigenvalue weighted by Gasteiger charge is 2.30. The van der Waals surface area contributed by atoms with E-state index in [-0.39, 0.29) is 55.7 Å². The molecule has 248 valence electrons. The van der Waals surface area contributed by atoms with Crippen molar-refractivity contribution in [3.05, 3.63) is 48.1 Å². The number of ether oxygens (including phenoxy) is 6. The van der Waals surface area contributed by atoms with Crippen molar-refractivity contribution in [3.8, 4) is 0 Å². The number of nitrogens with zero attached hydrogens (tertiary/aromatic N) is 2. The largest absolute Gasteiger partial charge is 0.466 e. The Labute approximate surface area is 261 Å². The fourth-order valence-corrected chi connectivity index (χ4v) is 4.22. The number of esters is 4. The number of carbonyl (C=O) groups is 4. The summed E-state index contributed by atoms with van der Waals surface area (Å²) in [5.41, 5.74) is 1.19. The Kier molecular flexibility index (Phi) is 19.2. The van der Waals surface area contributed by atoms with Crippen LogP contribution in [-0.2, 0) is 47.6 Å². The highest BCUT2D eigenvalue weighted by Crippen LogP contribution is 2.26. The molecule has 3 unspecified atom stereocenters. The number of rotatable bonds is 12. The molecule has 3 atom stereocenters. The fourth-order valence-electron chi connectivity index (χ4n) is 4.22. The molecule has 1 fully saturated rings. The van der Waals surface area contributed by atoms with Gasteiger partial charge in [0.25, 0.3) is 0 Å². The molecule has 0 bridgehead atoms. The minimum absolute atomic E-state index is 0.0887. The summed E-state index contributed by atoms with van der Waals surface area (Å²) < 4.78 is 30.8. The maximum Gasteiger partial charge on any atom is 0.335 e. The Morgan fingerprint density at radius 1 is 0.864 bits per heavy atom. The van der Waals surface area contributed by atoms with Crippen LogP contribution in [0.25, 0.3) is 0 Å². The van der Waals surface area contributed by atoms with E-state index in [4.69, 9.17) is 28.4 Å². The predicted molar refractivity (Wildman–Crippen MR) is 163 cm³/mol. The summed E-state index contributed by atoms with van der Waals surface area (Å²) in [6.07, 6.45) is 16.4. The summed E-state index contributed by atoms with van der Waals surface area (Å²) in [5, 5.41) is 0. The van der Waals surface area contributed by atoms with Crippen LogP contribution in [0.1, 0.15) is 79.6 Å². The molecule has 3 aliphatic heterocycles. The number of methoxy groups -OCH3 is 2. The van der Waals surface area contributed by atoms with Crippen LogP contribution in [0.3, 0.4) is 0 Å². The Morgan fingerprint density at radius 3 is 2.02 bits per heavy atom. The lowest BCUT2D eigenvalue weighted by molar-refractivity contribution is -0.146. The van der Waals surface area contributed by atoms with Gasteiger partial charge in [0.15, 0.2) is 0 Å². The Hall–Kier alpha value is -3.64. The van der Waals surface area contributed by atoms with E-state index in [1.165, 1.54) is 34.5 Å². The van der Waals surface area contributed by atoms with E-state index in [1.807, 2.05) is 34.4 Å². The number of hydrogen-bond donors (Lipinski definition) is 0. The Bertz CT molecular complexity index is 1040. The zero-order valence-electron chi connectivity index (χ0n) is 27.2. The molecule has 0 aromatic carbocycles. The number of allylic oxidation sites excluding steroid dienone is 2. The van der Waals surface area contributed by atoms with Crippen molar-refractivity contribution in [3.63, 3.8) is 0 Å². The first-order valence-corrected chi connectivity index (χ1v) is 15.1. The number of hydrogen-bond acceptors (Lipinski definition) is 12. The van der Waals surface area contributed by atoms with Crippen molar-refractivity contribution in [1.29, 1.82) is 0 Å². The summed E-state index contributed by atoms with van der Waals surface area (Å²) in [5.74, 6) is -1.28. The first-order chi connectivity index (χ1) is 21.1. The normalized spacial score (nSPS) is 19.2. The number of carbonyl (C=O) groups excluding carboxylic acids is 4. The van der Waals surface area contributed by atoms with Crippen LogP contribution in [0.5, 0.6) is 0 Å². The third-order valence-electron chi connectivity index (χ3n) is 6.19. The van der Waals surface area contributed by atoms with E-state index in [1.54, 1.807) is 12.4 Å². The van der Waals surface area contributed by atoms with Gasteiger partial charge in [0, 0.05) is 51.5 Å². The summed E-state index contributed by atoms with van der Waals surface area (Å²) in [7, 11) is 2.73. The molecule has 1 saturated heterocycles. The van der Waals surface area contributed by atoms with Crippen LogP contribution in [0, 0.1) is 0 Å². The third-order valence-corrected chi connectivity index (χ3v) is 6.19. The molecule has 0 aromatic heterocycles. The smallest absolute Gasteiger partial charge is 0.335 e. The zero-order valence-corrected chi connectivity index (χ0v) is 27.2. The molecule has 0 radical (unpaired) electrons. The van der Waals surface area contributed by atoms with Crippen molar-refractivity contribution in [2.24, 2.45) is 0 Å². The maximum absolute atomic E-state index is 11.6. The van der Waals surface area contributed by atoms with Crippen LogP contribution >= 0.6 is 0 Å². The summed E-state index contributed by atoms with van der Waals surface area (Å²) >= 11 is 0. The van der Waals surface area contributed by atoms with Gasteiger partial charge in [0.05, 0.1) is 38.1 Å². The lowest BCUT2D eigenvalue weighted by Crippen LogP contribution is -2.32. The molecule has 12 heteroatoms. The van der Waals surface area contributed by atoms with Gasteiger partial charge in [-0.05, 0) is 19.3 Å². The maximum atomic E-state index is 11.6. The standard InChI is InChI=1S/C15H23NO5.C14H19NO5.C3H8/c1-4-6-14(21-10-9-20-12(2)17)16-8-5-7-13(11-16)15(18)19-3;1-10(16)19-9-12-5-6-13(20-12)15-7-3-4-11(8-15)14(17)18-2;1-3-2/h5,8,11,14H,4,6-7,9-10H2,1-3H3;3,7-8,12-13H,4-6,9H2,1-2H3;3H2,1-2H3. The van der Waals surface area contributed by atoms with Gasteiger partial charge in [-0.15, -0.1) is 0 Å². The van der Waals surface area contributed by atoms with Gasteiger partial charge in [0.2, 0.25) is 0 Å². The second-order valence-electron chi connectivity index (χ2n) is 10.1. The minimum Gasteiger partial charge on any atom is -0.466 e. The first-order valence-electron chi connectivity index (χ1n) is 15.1. The fraction of sp³-hybridized carbons (Fsp3) is 0.625. The van der Waals surface area contributed by atoms with Gasteiger partial charge in [0.1, 0.15) is 25.7 Å². The second-order valence-corrected chi connectivity index (χ2v) is 10.1. The topological polar surface area (TPSA) is 130 Å². The van der Waals surface area contributed by atoms with Crippen LogP contribution in [-0.4, -0.2) is 86.3 Å². The van der Waals surface area contributed by atoms with Crippen LogP contribution < -0.4 is 0 Å². The monoisotopic (exact) mass is 622 g/mol.